The quantitative estimate of drug-likeness (QED) is 0.311. The number of aryl methyl sites for hydroxylation is 1. The number of rotatable bonds is 4. The molecule has 1 heterocycles. The van der Waals surface area contributed by atoms with E-state index in [2.05, 4.69) is 58.0 Å². The molecule has 1 aliphatic carbocycles. The summed E-state index contributed by atoms with van der Waals surface area (Å²) < 4.78 is 29.1. The second kappa shape index (κ2) is 8.01. The third-order valence-corrected chi connectivity index (χ3v) is 8.47. The molecule has 0 N–H and O–H groups in total. The van der Waals surface area contributed by atoms with Gasteiger partial charge in [-0.3, -0.25) is 0 Å². The first-order chi connectivity index (χ1) is 15.4. The molecular weight excluding hydrogens is 531 g/mol. The van der Waals surface area contributed by atoms with E-state index in [4.69, 9.17) is 0 Å². The van der Waals surface area contributed by atoms with E-state index in [9.17, 15) is 8.42 Å². The molecule has 0 amide bonds. The lowest BCUT2D eigenvalue weighted by Crippen LogP contribution is -2.32. The van der Waals surface area contributed by atoms with Crippen LogP contribution in [0, 0.1) is 10.6 Å². The fraction of sp³-hybridized carbons (Fsp3) is 0.115. The number of benzene rings is 3. The number of allylic oxidation sites excluding steroid dienone is 1. The number of hydrogen-bond donors (Lipinski definition) is 0. The van der Waals surface area contributed by atoms with E-state index in [1.54, 1.807) is 12.1 Å². The third-order valence-electron chi connectivity index (χ3n) is 6.05. The van der Waals surface area contributed by atoms with Gasteiger partial charge in [0.15, 0.2) is 0 Å². The van der Waals surface area contributed by atoms with Crippen molar-refractivity contribution in [3.05, 3.63) is 123 Å². The number of hydrogen-bond acceptors (Lipinski definition) is 3. The van der Waals surface area contributed by atoms with Gasteiger partial charge in [0.2, 0.25) is 0 Å². The molecule has 5 rings (SSSR count). The van der Waals surface area contributed by atoms with Gasteiger partial charge >= 0.3 is 0 Å². The zero-order chi connectivity index (χ0) is 22.3. The zero-order valence-electron chi connectivity index (χ0n) is 17.4. The first kappa shape index (κ1) is 21.2. The predicted octanol–water partition coefficient (Wildman–Crippen LogP) is 5.59. The van der Waals surface area contributed by atoms with Gasteiger partial charge in [0.25, 0.3) is 10.0 Å². The van der Waals surface area contributed by atoms with Crippen LogP contribution in [0.4, 0.5) is 0 Å². The molecule has 4 aromatic rings. The normalized spacial score (nSPS) is 14.8. The summed E-state index contributed by atoms with van der Waals surface area (Å²) in [6, 6.07) is 27.4. The molecule has 0 fully saturated rings. The van der Waals surface area contributed by atoms with Gasteiger partial charge in [-0.2, -0.15) is 17.6 Å². The Balaban J connectivity index is 1.71. The third kappa shape index (κ3) is 3.42. The van der Waals surface area contributed by atoms with Crippen LogP contribution in [-0.2, 0) is 21.9 Å². The van der Waals surface area contributed by atoms with Crippen LogP contribution in [0.15, 0.2) is 95.9 Å². The lowest BCUT2D eigenvalue weighted by atomic mass is 9.69. The van der Waals surface area contributed by atoms with Crippen LogP contribution in [0.3, 0.4) is 0 Å². The monoisotopic (exact) mass is 552 g/mol. The Morgan fingerprint density at radius 2 is 1.44 bits per heavy atom. The molecular formula is C26H21IN2O2S. The Labute approximate surface area is 201 Å². The van der Waals surface area contributed by atoms with Crippen LogP contribution in [0.1, 0.15) is 27.9 Å². The average molecular weight is 552 g/mol. The molecule has 0 spiro atoms. The molecule has 0 unspecified atom stereocenters. The number of nitrogens with zero attached hydrogens (tertiary/aromatic N) is 2. The first-order valence-corrected chi connectivity index (χ1v) is 12.8. The minimum Gasteiger partial charge on any atom is -0.199 e. The van der Waals surface area contributed by atoms with Crippen molar-refractivity contribution in [1.82, 2.24) is 9.19 Å². The second-order valence-electron chi connectivity index (χ2n) is 8.03. The minimum absolute atomic E-state index is 0.240. The van der Waals surface area contributed by atoms with Crippen LogP contribution >= 0.6 is 22.6 Å². The number of halogens is 1. The molecule has 160 valence electrons. The van der Waals surface area contributed by atoms with E-state index in [-0.39, 0.29) is 4.90 Å². The predicted molar refractivity (Wildman–Crippen MR) is 135 cm³/mol. The van der Waals surface area contributed by atoms with Crippen molar-refractivity contribution in [2.45, 2.75) is 23.7 Å². The van der Waals surface area contributed by atoms with E-state index in [1.807, 2.05) is 61.5 Å². The van der Waals surface area contributed by atoms with Gasteiger partial charge in [0, 0.05) is 17.4 Å². The summed E-state index contributed by atoms with van der Waals surface area (Å²) in [5, 5.41) is 4.48. The van der Waals surface area contributed by atoms with Crippen molar-refractivity contribution in [1.29, 1.82) is 0 Å². The maximum absolute atomic E-state index is 13.6. The summed E-state index contributed by atoms with van der Waals surface area (Å²) in [5.74, 6) is 0. The average Bonchev–Trinajstić information content (AvgIpc) is 3.17. The molecule has 4 nitrogen and oxygen atoms in total. The maximum Gasteiger partial charge on any atom is 0.283 e. The SMILES string of the molecule is Cc1ccc(S(=O)(=O)n2nc(I)c3c2CC(c2ccccc2)(c2ccccc2)C=C3)cc1. The summed E-state index contributed by atoms with van der Waals surface area (Å²) in [6.07, 6.45) is 4.70. The minimum atomic E-state index is -3.82. The van der Waals surface area contributed by atoms with Crippen LogP contribution in [0.2, 0.25) is 0 Å². The highest BCUT2D eigenvalue weighted by Crippen LogP contribution is 2.43. The molecule has 0 saturated heterocycles. The Hall–Kier alpha value is -2.71. The van der Waals surface area contributed by atoms with Crippen molar-refractivity contribution < 1.29 is 8.42 Å². The number of aromatic nitrogens is 2. The highest BCUT2D eigenvalue weighted by Gasteiger charge is 2.39. The molecule has 0 bridgehead atoms. The molecule has 32 heavy (non-hydrogen) atoms. The van der Waals surface area contributed by atoms with Crippen molar-refractivity contribution in [3.63, 3.8) is 0 Å². The van der Waals surface area contributed by atoms with Gasteiger partial charge in [0.05, 0.1) is 10.6 Å². The molecule has 1 aromatic heterocycles. The highest BCUT2D eigenvalue weighted by molar-refractivity contribution is 14.1. The molecule has 0 atom stereocenters. The molecule has 6 heteroatoms. The Kier molecular flexibility index (Phi) is 5.29. The lowest BCUT2D eigenvalue weighted by Gasteiger charge is -2.35. The van der Waals surface area contributed by atoms with Crippen LogP contribution in [0.5, 0.6) is 0 Å². The fourth-order valence-corrected chi connectivity index (χ4v) is 6.51. The zero-order valence-corrected chi connectivity index (χ0v) is 20.4. The van der Waals surface area contributed by atoms with E-state index in [0.29, 0.717) is 15.8 Å². The first-order valence-electron chi connectivity index (χ1n) is 10.3. The molecule has 0 radical (unpaired) electrons. The summed E-state index contributed by atoms with van der Waals surface area (Å²) in [6.45, 7) is 1.94. The lowest BCUT2D eigenvalue weighted by molar-refractivity contribution is 0.564. The maximum atomic E-state index is 13.6. The van der Waals surface area contributed by atoms with Gasteiger partial charge in [-0.05, 0) is 52.8 Å². The van der Waals surface area contributed by atoms with Crippen LogP contribution in [-0.4, -0.2) is 17.6 Å². The van der Waals surface area contributed by atoms with E-state index in [1.165, 1.54) is 4.09 Å². The summed E-state index contributed by atoms with van der Waals surface area (Å²) in [5.41, 5.74) is 4.32. The van der Waals surface area contributed by atoms with Gasteiger partial charge in [-0.25, -0.2) is 0 Å². The van der Waals surface area contributed by atoms with E-state index >= 15 is 0 Å². The standard InChI is InChI=1S/C26H21IN2O2S/c1-19-12-14-22(15-13-19)32(30,31)29-24-18-26(20-8-4-2-5-9-20,21-10-6-3-7-11-21)17-16-23(24)25(27)28-29/h2-17H,18H2,1H3. The van der Waals surface area contributed by atoms with Gasteiger partial charge < -0.3 is 0 Å². The Morgan fingerprint density at radius 1 is 0.875 bits per heavy atom. The summed E-state index contributed by atoms with van der Waals surface area (Å²) >= 11 is 2.12. The van der Waals surface area contributed by atoms with Gasteiger partial charge in [0.1, 0.15) is 3.70 Å². The van der Waals surface area contributed by atoms with Crippen molar-refractivity contribution >= 4 is 38.7 Å². The molecule has 0 saturated carbocycles. The Bertz CT molecular complexity index is 1370. The van der Waals surface area contributed by atoms with Crippen LogP contribution in [0.25, 0.3) is 6.08 Å². The van der Waals surface area contributed by atoms with Crippen molar-refractivity contribution in [2.24, 2.45) is 0 Å². The van der Waals surface area contributed by atoms with Gasteiger partial charge in [-0.1, -0.05) is 90.5 Å². The van der Waals surface area contributed by atoms with Crippen LogP contribution < -0.4 is 0 Å². The Morgan fingerprint density at radius 3 is 2.00 bits per heavy atom. The largest absolute Gasteiger partial charge is 0.283 e. The van der Waals surface area contributed by atoms with E-state index < -0.39 is 15.4 Å². The molecule has 0 aliphatic heterocycles. The smallest absolute Gasteiger partial charge is 0.199 e. The fourth-order valence-electron chi connectivity index (χ4n) is 4.34. The molecule has 1 aliphatic rings. The van der Waals surface area contributed by atoms with Crippen molar-refractivity contribution in [3.8, 4) is 0 Å². The van der Waals surface area contributed by atoms with E-state index in [0.717, 1.165) is 22.3 Å². The van der Waals surface area contributed by atoms with Crippen molar-refractivity contribution in [2.75, 3.05) is 0 Å². The molecule has 3 aromatic carbocycles. The van der Waals surface area contributed by atoms with Gasteiger partial charge in [-0.15, -0.1) is 0 Å². The highest BCUT2D eigenvalue weighted by atomic mass is 127. The summed E-state index contributed by atoms with van der Waals surface area (Å²) in [4.78, 5) is 0.240. The topological polar surface area (TPSA) is 52.0 Å². The summed E-state index contributed by atoms with van der Waals surface area (Å²) in [7, 11) is -3.82. The second-order valence-corrected chi connectivity index (χ2v) is 10.8. The number of fused-ring (bicyclic) bond motifs is 1.